The Kier molecular flexibility index (Phi) is 7.25. The minimum atomic E-state index is -0.442. The summed E-state index contributed by atoms with van der Waals surface area (Å²) in [5, 5.41) is 5.02. The van der Waals surface area contributed by atoms with E-state index in [9.17, 15) is 14.4 Å². The molecule has 0 spiro atoms. The van der Waals surface area contributed by atoms with Gasteiger partial charge in [-0.15, -0.1) is 11.8 Å². The number of rotatable bonds is 8. The quantitative estimate of drug-likeness (QED) is 0.316. The number of fused-ring (bicyclic) bond motifs is 1. The maximum atomic E-state index is 12.2. The van der Waals surface area contributed by atoms with E-state index in [0.717, 1.165) is 15.7 Å². The van der Waals surface area contributed by atoms with Crippen molar-refractivity contribution in [3.8, 4) is 0 Å². The number of ketones is 1. The fourth-order valence-corrected chi connectivity index (χ4v) is 3.44. The lowest BCUT2D eigenvalue weighted by atomic mass is 10.1. The molecule has 0 unspecified atom stereocenters. The van der Waals surface area contributed by atoms with Crippen molar-refractivity contribution >= 4 is 45.9 Å². The molecule has 6 heteroatoms. The Hall–Kier alpha value is -3.12. The average Bonchev–Trinajstić information content (AvgIpc) is 2.76. The maximum Gasteiger partial charge on any atom is 0.316 e. The molecular weight excluding hydrogens is 398 g/mol. The summed E-state index contributed by atoms with van der Waals surface area (Å²) in [4.78, 5) is 36.9. The van der Waals surface area contributed by atoms with E-state index in [0.29, 0.717) is 11.3 Å². The summed E-state index contributed by atoms with van der Waals surface area (Å²) in [6.07, 6.45) is 0. The van der Waals surface area contributed by atoms with Gasteiger partial charge in [-0.2, -0.15) is 0 Å². The van der Waals surface area contributed by atoms with Gasteiger partial charge in [0.25, 0.3) is 0 Å². The molecule has 3 aromatic carbocycles. The van der Waals surface area contributed by atoms with Crippen LogP contribution in [0.2, 0.25) is 0 Å². The lowest BCUT2D eigenvalue weighted by Crippen LogP contribution is -2.18. The number of Topliss-reactive ketones (excluding diaryl/α,β-unsaturated/α-hetero) is 1. The summed E-state index contributed by atoms with van der Waals surface area (Å²) >= 11 is 1.37. The minimum Gasteiger partial charge on any atom is -0.457 e. The number of carbonyl (C=O) groups excluding carboxylic acids is 3. The highest BCUT2D eigenvalue weighted by Gasteiger charge is 2.12. The molecular formula is C24H23NO4S. The standard InChI is InChI=1S/C24H23NO4S/c1-16(2)24(28)25-20-10-7-18(8-11-20)22(26)14-29-23(27)15-30-21-12-9-17-5-3-4-6-19(17)13-21/h3-13,16H,14-15H2,1-2H3,(H,25,28). The molecule has 0 saturated carbocycles. The smallest absolute Gasteiger partial charge is 0.316 e. The second-order valence-electron chi connectivity index (χ2n) is 7.10. The Bertz CT molecular complexity index is 1060. The summed E-state index contributed by atoms with van der Waals surface area (Å²) in [6.45, 7) is 3.30. The Morgan fingerprint density at radius 1 is 0.933 bits per heavy atom. The maximum absolute atomic E-state index is 12.2. The van der Waals surface area contributed by atoms with Crippen LogP contribution in [0.1, 0.15) is 24.2 Å². The zero-order valence-electron chi connectivity index (χ0n) is 16.9. The fraction of sp³-hybridized carbons (Fsp3) is 0.208. The zero-order valence-corrected chi connectivity index (χ0v) is 17.7. The van der Waals surface area contributed by atoms with Gasteiger partial charge in [0.2, 0.25) is 5.91 Å². The normalized spacial score (nSPS) is 10.8. The number of nitrogens with one attached hydrogen (secondary N) is 1. The Balaban J connectivity index is 1.46. The first-order valence-electron chi connectivity index (χ1n) is 9.64. The van der Waals surface area contributed by atoms with Gasteiger partial charge in [-0.1, -0.05) is 44.2 Å². The molecule has 0 aliphatic heterocycles. The lowest BCUT2D eigenvalue weighted by molar-refractivity contribution is -0.139. The van der Waals surface area contributed by atoms with Crippen molar-refractivity contribution < 1.29 is 19.1 Å². The second-order valence-corrected chi connectivity index (χ2v) is 8.15. The summed E-state index contributed by atoms with van der Waals surface area (Å²) in [5.41, 5.74) is 1.04. The monoisotopic (exact) mass is 421 g/mol. The highest BCUT2D eigenvalue weighted by Crippen LogP contribution is 2.23. The Labute approximate surface area is 179 Å². The van der Waals surface area contributed by atoms with Crippen LogP contribution in [0.3, 0.4) is 0 Å². The van der Waals surface area contributed by atoms with Gasteiger partial charge >= 0.3 is 5.97 Å². The first kappa shape index (κ1) is 21.6. The van der Waals surface area contributed by atoms with Gasteiger partial charge in [-0.3, -0.25) is 14.4 Å². The third kappa shape index (κ3) is 5.94. The number of thioether (sulfide) groups is 1. The third-order valence-electron chi connectivity index (χ3n) is 4.44. The number of esters is 1. The van der Waals surface area contributed by atoms with E-state index < -0.39 is 5.97 Å². The van der Waals surface area contributed by atoms with Crippen LogP contribution in [-0.2, 0) is 14.3 Å². The molecule has 30 heavy (non-hydrogen) atoms. The predicted molar refractivity (Wildman–Crippen MR) is 120 cm³/mol. The van der Waals surface area contributed by atoms with Crippen LogP contribution in [0.15, 0.2) is 71.6 Å². The Morgan fingerprint density at radius 2 is 1.63 bits per heavy atom. The molecule has 1 N–H and O–H groups in total. The molecule has 0 aliphatic rings. The van der Waals surface area contributed by atoms with Gasteiger partial charge in [0.15, 0.2) is 12.4 Å². The van der Waals surface area contributed by atoms with E-state index in [1.165, 1.54) is 11.8 Å². The first-order chi connectivity index (χ1) is 14.4. The lowest BCUT2D eigenvalue weighted by Gasteiger charge is -2.08. The average molecular weight is 422 g/mol. The van der Waals surface area contributed by atoms with Crippen LogP contribution in [0.5, 0.6) is 0 Å². The molecule has 0 saturated heterocycles. The van der Waals surface area contributed by atoms with Gasteiger partial charge < -0.3 is 10.1 Å². The number of ether oxygens (including phenoxy) is 1. The SMILES string of the molecule is CC(C)C(=O)Nc1ccc(C(=O)COC(=O)CSc2ccc3ccccc3c2)cc1. The molecule has 0 bridgehead atoms. The minimum absolute atomic E-state index is 0.0908. The van der Waals surface area contributed by atoms with Crippen molar-refractivity contribution in [1.29, 1.82) is 0 Å². The van der Waals surface area contributed by atoms with Crippen LogP contribution in [0.4, 0.5) is 5.69 Å². The van der Waals surface area contributed by atoms with Gasteiger partial charge in [0, 0.05) is 22.1 Å². The highest BCUT2D eigenvalue weighted by atomic mass is 32.2. The van der Waals surface area contributed by atoms with Crippen molar-refractivity contribution in [3.05, 3.63) is 72.3 Å². The van der Waals surface area contributed by atoms with Crippen molar-refractivity contribution in [1.82, 2.24) is 0 Å². The van der Waals surface area contributed by atoms with Crippen molar-refractivity contribution in [2.45, 2.75) is 18.7 Å². The van der Waals surface area contributed by atoms with Crippen molar-refractivity contribution in [2.24, 2.45) is 5.92 Å². The van der Waals surface area contributed by atoms with E-state index in [4.69, 9.17) is 4.74 Å². The Morgan fingerprint density at radius 3 is 2.33 bits per heavy atom. The summed E-state index contributed by atoms with van der Waals surface area (Å²) in [5.74, 6) is -0.820. The van der Waals surface area contributed by atoms with Crippen LogP contribution in [0.25, 0.3) is 10.8 Å². The molecule has 0 fully saturated rings. The molecule has 0 aliphatic carbocycles. The van der Waals surface area contributed by atoms with Crippen LogP contribution >= 0.6 is 11.8 Å². The van der Waals surface area contributed by atoms with Crippen molar-refractivity contribution in [3.63, 3.8) is 0 Å². The number of amides is 1. The predicted octanol–water partition coefficient (Wildman–Crippen LogP) is 4.95. The summed E-state index contributed by atoms with van der Waals surface area (Å²) in [6, 6.07) is 20.6. The second kappa shape index (κ2) is 10.1. The molecule has 0 radical (unpaired) electrons. The summed E-state index contributed by atoms with van der Waals surface area (Å²) in [7, 11) is 0. The van der Waals surface area contributed by atoms with Crippen LogP contribution in [0, 0.1) is 5.92 Å². The number of hydrogen-bond donors (Lipinski definition) is 1. The molecule has 154 valence electrons. The van der Waals surface area contributed by atoms with E-state index in [2.05, 4.69) is 5.32 Å². The zero-order chi connectivity index (χ0) is 21.5. The van der Waals surface area contributed by atoms with Gasteiger partial charge in [0.05, 0.1) is 5.75 Å². The molecule has 3 rings (SSSR count). The third-order valence-corrected chi connectivity index (χ3v) is 5.41. The van der Waals surface area contributed by atoms with Gasteiger partial charge in [-0.25, -0.2) is 0 Å². The highest BCUT2D eigenvalue weighted by molar-refractivity contribution is 8.00. The molecule has 5 nitrogen and oxygen atoms in total. The van der Waals surface area contributed by atoms with Crippen LogP contribution < -0.4 is 5.32 Å². The molecule has 0 aromatic heterocycles. The van der Waals surface area contributed by atoms with E-state index in [1.807, 2.05) is 42.5 Å². The topological polar surface area (TPSA) is 72.5 Å². The van der Waals surface area contributed by atoms with Gasteiger partial charge in [0.1, 0.15) is 0 Å². The van der Waals surface area contributed by atoms with E-state index >= 15 is 0 Å². The largest absolute Gasteiger partial charge is 0.457 e. The molecule has 0 heterocycles. The summed E-state index contributed by atoms with van der Waals surface area (Å²) < 4.78 is 5.11. The van der Waals surface area contributed by atoms with Crippen molar-refractivity contribution in [2.75, 3.05) is 17.7 Å². The molecule has 1 amide bonds. The van der Waals surface area contributed by atoms with E-state index in [-0.39, 0.29) is 30.0 Å². The van der Waals surface area contributed by atoms with E-state index in [1.54, 1.807) is 38.1 Å². The number of hydrogen-bond acceptors (Lipinski definition) is 5. The van der Waals surface area contributed by atoms with Crippen LogP contribution in [-0.4, -0.2) is 30.0 Å². The first-order valence-corrected chi connectivity index (χ1v) is 10.6. The molecule has 3 aromatic rings. The molecule has 0 atom stereocenters. The fourth-order valence-electron chi connectivity index (χ4n) is 2.70. The number of anilines is 1. The van der Waals surface area contributed by atoms with Gasteiger partial charge in [-0.05, 0) is 47.2 Å². The number of benzene rings is 3. The number of carbonyl (C=O) groups is 3.